The van der Waals surface area contributed by atoms with E-state index in [-0.39, 0.29) is 11.9 Å². The fourth-order valence-electron chi connectivity index (χ4n) is 3.83. The molecule has 35 heavy (non-hydrogen) atoms. The number of halogens is 2. The number of benzene rings is 1. The Labute approximate surface area is 217 Å². The lowest BCUT2D eigenvalue weighted by molar-refractivity contribution is -0.114. The van der Waals surface area contributed by atoms with Gasteiger partial charge in [-0.15, -0.1) is 22.7 Å². The Morgan fingerprint density at radius 1 is 1.06 bits per heavy atom. The van der Waals surface area contributed by atoms with Crippen molar-refractivity contribution < 1.29 is 18.7 Å². The molecule has 2 fully saturated rings. The first-order valence-electron chi connectivity index (χ1n) is 11.8. The molecule has 0 unspecified atom stereocenters. The van der Waals surface area contributed by atoms with Gasteiger partial charge in [0.15, 0.2) is 11.6 Å². The third-order valence-corrected chi connectivity index (χ3v) is 8.33. The Morgan fingerprint density at radius 3 is 2.40 bits per heavy atom. The second-order valence-electron chi connectivity index (χ2n) is 8.70. The van der Waals surface area contributed by atoms with E-state index in [1.807, 2.05) is 12.1 Å². The van der Waals surface area contributed by atoms with Crippen molar-refractivity contribution in [3.8, 4) is 15.5 Å². The van der Waals surface area contributed by atoms with Crippen LogP contribution in [0.25, 0.3) is 9.75 Å². The van der Waals surface area contributed by atoms with Gasteiger partial charge >= 0.3 is 0 Å². The summed E-state index contributed by atoms with van der Waals surface area (Å²) >= 11 is 8.47. The zero-order valence-electron chi connectivity index (χ0n) is 19.3. The van der Waals surface area contributed by atoms with Crippen LogP contribution in [0.15, 0.2) is 42.5 Å². The summed E-state index contributed by atoms with van der Waals surface area (Å²) in [5.41, 5.74) is 6.00. The molecule has 1 aromatic carbocycles. The maximum atomic E-state index is 13.8. The van der Waals surface area contributed by atoms with E-state index in [2.05, 4.69) is 4.90 Å². The van der Waals surface area contributed by atoms with E-state index in [0.29, 0.717) is 15.0 Å². The van der Waals surface area contributed by atoms with Crippen molar-refractivity contribution in [2.75, 3.05) is 19.6 Å². The van der Waals surface area contributed by atoms with Crippen LogP contribution in [0.1, 0.15) is 47.3 Å². The predicted octanol–water partition coefficient (Wildman–Crippen LogP) is 6.19. The summed E-state index contributed by atoms with van der Waals surface area (Å²) in [4.78, 5) is 26.7. The molecule has 1 aliphatic carbocycles. The van der Waals surface area contributed by atoms with Gasteiger partial charge in [-0.1, -0.05) is 17.7 Å². The molecule has 1 saturated heterocycles. The number of amides is 1. The topological polar surface area (TPSA) is 72.6 Å². The molecule has 2 N–H and O–H groups in total. The Hall–Kier alpha value is -2.26. The highest BCUT2D eigenvalue weighted by Gasteiger charge is 2.24. The van der Waals surface area contributed by atoms with E-state index in [0.717, 1.165) is 47.5 Å². The van der Waals surface area contributed by atoms with Crippen molar-refractivity contribution in [3.05, 3.63) is 63.1 Å². The fraction of sp³-hybridized carbons (Fsp3) is 0.385. The van der Waals surface area contributed by atoms with Crippen LogP contribution in [-0.4, -0.2) is 42.3 Å². The minimum absolute atomic E-state index is 0.203. The second kappa shape index (κ2) is 12.1. The van der Waals surface area contributed by atoms with E-state index in [9.17, 15) is 14.0 Å². The van der Waals surface area contributed by atoms with Crippen molar-refractivity contribution in [1.82, 2.24) is 4.90 Å². The van der Waals surface area contributed by atoms with Crippen LogP contribution < -0.4 is 10.5 Å². The lowest BCUT2D eigenvalue weighted by Gasteiger charge is -2.14. The van der Waals surface area contributed by atoms with Crippen LogP contribution in [0, 0.1) is 5.82 Å². The molecule has 1 saturated carbocycles. The number of ketones is 1. The molecule has 9 heteroatoms. The van der Waals surface area contributed by atoms with Gasteiger partial charge in [-0.2, -0.15) is 0 Å². The lowest BCUT2D eigenvalue weighted by atomic mass is 10.1. The number of hydrogen-bond donors (Lipinski definition) is 1. The van der Waals surface area contributed by atoms with Gasteiger partial charge in [-0.25, -0.2) is 4.39 Å². The zero-order chi connectivity index (χ0) is 24.8. The highest BCUT2D eigenvalue weighted by molar-refractivity contribution is 7.25. The van der Waals surface area contributed by atoms with E-state index >= 15 is 0 Å². The monoisotopic (exact) mass is 534 g/mol. The predicted molar refractivity (Wildman–Crippen MR) is 140 cm³/mol. The Balaban J connectivity index is 0.000000168. The van der Waals surface area contributed by atoms with Gasteiger partial charge < -0.3 is 15.4 Å². The van der Waals surface area contributed by atoms with Crippen molar-refractivity contribution in [2.45, 2.75) is 44.6 Å². The van der Waals surface area contributed by atoms with Crippen LogP contribution in [-0.2, 0) is 11.2 Å². The molecule has 3 heterocycles. The molecule has 2 aromatic heterocycles. The molecule has 0 atom stereocenters. The Bertz CT molecular complexity index is 1170. The Morgan fingerprint density at radius 2 is 1.77 bits per heavy atom. The first kappa shape index (κ1) is 25.8. The molecule has 2 aliphatic rings. The van der Waals surface area contributed by atoms with E-state index in [1.54, 1.807) is 30.3 Å². The van der Waals surface area contributed by atoms with Crippen LogP contribution in [0.4, 0.5) is 4.39 Å². The number of carbonyl (C=O) groups is 2. The second-order valence-corrected chi connectivity index (χ2v) is 11.5. The number of carbonyl (C=O) groups excluding carboxylic acids is 2. The molecule has 186 valence electrons. The van der Waals surface area contributed by atoms with Gasteiger partial charge in [0, 0.05) is 9.75 Å². The Kier molecular flexibility index (Phi) is 8.94. The molecule has 5 rings (SSSR count). The average Bonchev–Trinajstić information content (AvgIpc) is 3.23. The highest BCUT2D eigenvalue weighted by Crippen LogP contribution is 2.35. The molecule has 1 aliphatic heterocycles. The first-order valence-corrected chi connectivity index (χ1v) is 13.8. The number of nitrogens with zero attached hydrogens (tertiary/aromatic N) is 1. The average molecular weight is 535 g/mol. The maximum absolute atomic E-state index is 13.8. The number of nitrogens with two attached hydrogens (primary N) is 1. The number of rotatable bonds is 9. The molecule has 0 bridgehead atoms. The molecule has 0 spiro atoms. The van der Waals surface area contributed by atoms with Gasteiger partial charge in [0.05, 0.1) is 15.3 Å². The number of hydrogen-bond acceptors (Lipinski definition) is 6. The van der Waals surface area contributed by atoms with E-state index < -0.39 is 11.7 Å². The number of primary amides is 1. The van der Waals surface area contributed by atoms with Crippen LogP contribution in [0.5, 0.6) is 5.75 Å². The summed E-state index contributed by atoms with van der Waals surface area (Å²) in [6, 6.07) is 12.5. The van der Waals surface area contributed by atoms with Gasteiger partial charge in [0.25, 0.3) is 11.7 Å². The molecule has 1 amide bonds. The fourth-order valence-corrected chi connectivity index (χ4v) is 5.92. The molecular formula is C26H28ClFN2O3S2. The summed E-state index contributed by atoms with van der Waals surface area (Å²) in [6.07, 6.45) is 7.13. The van der Waals surface area contributed by atoms with Gasteiger partial charge in [0.2, 0.25) is 0 Å². The minimum Gasteiger partial charge on any atom is -0.487 e. The molecular weight excluding hydrogens is 507 g/mol. The number of thiophene rings is 2. The molecule has 5 nitrogen and oxygen atoms in total. The quantitative estimate of drug-likeness (QED) is 0.262. The van der Waals surface area contributed by atoms with Crippen molar-refractivity contribution in [3.63, 3.8) is 0 Å². The van der Waals surface area contributed by atoms with Gasteiger partial charge in [0.1, 0.15) is 0 Å². The minimum atomic E-state index is -0.933. The number of aryl methyl sites for hydroxylation is 1. The summed E-state index contributed by atoms with van der Waals surface area (Å²) in [5, 5.41) is 0. The first-order chi connectivity index (χ1) is 16.9. The third kappa shape index (κ3) is 7.61. The van der Waals surface area contributed by atoms with E-state index in [4.69, 9.17) is 22.1 Å². The number of likely N-dealkylation sites (tertiary alicyclic amines) is 1. The summed E-state index contributed by atoms with van der Waals surface area (Å²) < 4.78 is 20.0. The third-order valence-electron chi connectivity index (χ3n) is 5.82. The number of Topliss-reactive ketones (excluding diaryl/α,β-unsaturated/α-hetero) is 1. The smallest absolute Gasteiger partial charge is 0.290 e. The number of ether oxygens (including phenoxy) is 1. The molecule has 3 aromatic rings. The largest absolute Gasteiger partial charge is 0.487 e. The van der Waals surface area contributed by atoms with Crippen LogP contribution >= 0.6 is 34.3 Å². The molecule has 0 radical (unpaired) electrons. The highest BCUT2D eigenvalue weighted by atomic mass is 35.5. The summed E-state index contributed by atoms with van der Waals surface area (Å²) in [7, 11) is 0. The normalized spacial score (nSPS) is 15.5. The lowest BCUT2D eigenvalue weighted by Crippen LogP contribution is -2.21. The van der Waals surface area contributed by atoms with Crippen LogP contribution in [0.3, 0.4) is 0 Å². The summed E-state index contributed by atoms with van der Waals surface area (Å²) in [6.45, 7) is 3.62. The zero-order valence-corrected chi connectivity index (χ0v) is 21.7. The van der Waals surface area contributed by atoms with E-state index in [1.165, 1.54) is 48.6 Å². The van der Waals surface area contributed by atoms with Gasteiger partial charge in [-0.3, -0.25) is 9.59 Å². The van der Waals surface area contributed by atoms with Crippen LogP contribution in [0.2, 0.25) is 4.34 Å². The van der Waals surface area contributed by atoms with Crippen molar-refractivity contribution >= 4 is 46.0 Å². The van der Waals surface area contributed by atoms with Crippen molar-refractivity contribution in [2.24, 2.45) is 5.73 Å². The SMILES string of the molecule is Fc1cc(CCCN2CCCC2)ccc1OC1CC1.NC(=O)C(=O)c1ccc(-c2ccc(Cl)s2)s1. The standard InChI is InChI=1S/C16H22FNO.C10H6ClNO2S2/c17-15-12-13(4-3-11-18-9-1-2-10-18)5-8-16(15)19-14-6-7-14;11-8-4-3-6(16-8)5-1-2-7(15-5)9(13)10(12)14/h5,8,12,14H,1-4,6-7,9-11H2;1-4H,(H2,12,14). The summed E-state index contributed by atoms with van der Waals surface area (Å²) in [5.74, 6) is -1.37. The van der Waals surface area contributed by atoms with Gasteiger partial charge in [-0.05, 0) is 100 Å². The van der Waals surface area contributed by atoms with Crippen molar-refractivity contribution in [1.29, 1.82) is 0 Å². The maximum Gasteiger partial charge on any atom is 0.290 e.